The summed E-state index contributed by atoms with van der Waals surface area (Å²) in [7, 11) is -3.43. The number of rotatable bonds is 7. The fraction of sp³-hybridized carbons (Fsp3) is 0.500. The Hall–Kier alpha value is -1.41. The second-order valence-corrected chi connectivity index (χ2v) is 5.10. The molecule has 1 aromatic rings. The number of nitrogens with zero attached hydrogens (tertiary/aromatic N) is 1. The molecule has 0 spiro atoms. The van der Waals surface area contributed by atoms with Gasteiger partial charge in [-0.05, 0) is 6.42 Å². The van der Waals surface area contributed by atoms with E-state index in [0.29, 0.717) is 5.82 Å². The molecule has 0 aliphatic carbocycles. The normalized spacial score (nSPS) is 11.5. The van der Waals surface area contributed by atoms with E-state index in [4.69, 9.17) is 5.11 Å². The zero-order valence-corrected chi connectivity index (χ0v) is 9.33. The van der Waals surface area contributed by atoms with Gasteiger partial charge in [-0.2, -0.15) is 0 Å². The van der Waals surface area contributed by atoms with Crippen molar-refractivity contribution in [1.82, 2.24) is 14.7 Å². The Bertz CT molecular complexity index is 426. The van der Waals surface area contributed by atoms with Gasteiger partial charge in [0.1, 0.15) is 5.82 Å². The summed E-state index contributed by atoms with van der Waals surface area (Å²) in [4.78, 5) is 16.8. The second-order valence-electron chi connectivity index (χ2n) is 3.17. The molecule has 0 saturated heterocycles. The summed E-state index contributed by atoms with van der Waals surface area (Å²) < 4.78 is 25.0. The number of sulfonamides is 1. The zero-order chi connectivity index (χ0) is 12.0. The maximum atomic E-state index is 11.4. The average molecular weight is 247 g/mol. The van der Waals surface area contributed by atoms with E-state index in [2.05, 4.69) is 14.7 Å². The van der Waals surface area contributed by atoms with Crippen LogP contribution in [0.3, 0.4) is 0 Å². The Balaban J connectivity index is 2.31. The number of H-pyrrole nitrogens is 1. The number of nitrogens with one attached hydrogen (secondary N) is 2. The van der Waals surface area contributed by atoms with Gasteiger partial charge >= 0.3 is 5.97 Å². The van der Waals surface area contributed by atoms with Crippen molar-refractivity contribution < 1.29 is 18.3 Å². The first-order chi connectivity index (χ1) is 7.49. The van der Waals surface area contributed by atoms with Crippen LogP contribution in [-0.4, -0.2) is 35.2 Å². The third kappa shape index (κ3) is 4.89. The first-order valence-corrected chi connectivity index (χ1v) is 6.32. The van der Waals surface area contributed by atoms with Crippen LogP contribution in [0.1, 0.15) is 18.7 Å². The molecule has 0 unspecified atom stereocenters. The minimum absolute atomic E-state index is 0.0857. The van der Waals surface area contributed by atoms with E-state index < -0.39 is 16.0 Å². The van der Waals surface area contributed by atoms with E-state index in [1.165, 1.54) is 6.20 Å². The van der Waals surface area contributed by atoms with Crippen LogP contribution < -0.4 is 4.72 Å². The van der Waals surface area contributed by atoms with Gasteiger partial charge in [0.25, 0.3) is 0 Å². The number of aromatic amines is 1. The summed E-state index contributed by atoms with van der Waals surface area (Å²) in [6, 6.07) is 0. The summed E-state index contributed by atoms with van der Waals surface area (Å²) >= 11 is 0. The quantitative estimate of drug-likeness (QED) is 0.612. The number of aliphatic carboxylic acids is 1. The molecule has 7 nitrogen and oxygen atoms in total. The Morgan fingerprint density at radius 2 is 2.31 bits per heavy atom. The Morgan fingerprint density at radius 1 is 1.56 bits per heavy atom. The monoisotopic (exact) mass is 247 g/mol. The molecule has 0 amide bonds. The van der Waals surface area contributed by atoms with E-state index in [1.807, 2.05) is 0 Å². The van der Waals surface area contributed by atoms with Crippen LogP contribution in [0.2, 0.25) is 0 Å². The Labute approximate surface area is 93.0 Å². The highest BCUT2D eigenvalue weighted by atomic mass is 32.2. The van der Waals surface area contributed by atoms with Crippen molar-refractivity contribution in [2.75, 3.05) is 5.75 Å². The van der Waals surface area contributed by atoms with Crippen LogP contribution in [0.15, 0.2) is 12.4 Å². The van der Waals surface area contributed by atoms with E-state index in [-0.39, 0.29) is 25.1 Å². The van der Waals surface area contributed by atoms with Crippen molar-refractivity contribution in [2.45, 2.75) is 19.4 Å². The summed E-state index contributed by atoms with van der Waals surface area (Å²) in [6.07, 6.45) is 3.06. The molecule has 0 atom stereocenters. The molecule has 90 valence electrons. The zero-order valence-electron chi connectivity index (χ0n) is 8.51. The number of hydrogen-bond acceptors (Lipinski definition) is 4. The fourth-order valence-electron chi connectivity index (χ4n) is 1.06. The molecule has 1 aromatic heterocycles. The second kappa shape index (κ2) is 5.61. The van der Waals surface area contributed by atoms with Gasteiger partial charge in [-0.3, -0.25) is 4.79 Å². The minimum atomic E-state index is -3.43. The van der Waals surface area contributed by atoms with E-state index in [1.54, 1.807) is 6.20 Å². The van der Waals surface area contributed by atoms with Crippen LogP contribution in [0.5, 0.6) is 0 Å². The first kappa shape index (κ1) is 12.7. The molecule has 0 aromatic carbocycles. The average Bonchev–Trinajstić information content (AvgIpc) is 2.66. The maximum absolute atomic E-state index is 11.4. The van der Waals surface area contributed by atoms with Crippen molar-refractivity contribution in [2.24, 2.45) is 0 Å². The molecule has 0 aliphatic rings. The highest BCUT2D eigenvalue weighted by molar-refractivity contribution is 7.89. The van der Waals surface area contributed by atoms with Crippen molar-refractivity contribution in [3.05, 3.63) is 18.2 Å². The molecule has 0 bridgehead atoms. The van der Waals surface area contributed by atoms with Gasteiger partial charge in [0.05, 0.1) is 12.3 Å². The Kier molecular flexibility index (Phi) is 4.44. The predicted molar refractivity (Wildman–Crippen MR) is 56.1 cm³/mol. The van der Waals surface area contributed by atoms with Crippen LogP contribution in [0, 0.1) is 0 Å². The lowest BCUT2D eigenvalue weighted by Gasteiger charge is -2.03. The van der Waals surface area contributed by atoms with E-state index in [0.717, 1.165) is 0 Å². The van der Waals surface area contributed by atoms with Gasteiger partial charge in [-0.1, -0.05) is 0 Å². The predicted octanol–water partition coefficient (Wildman–Crippen LogP) is -0.306. The lowest BCUT2D eigenvalue weighted by Crippen LogP contribution is -2.26. The minimum Gasteiger partial charge on any atom is -0.481 e. The van der Waals surface area contributed by atoms with Crippen molar-refractivity contribution in [3.63, 3.8) is 0 Å². The maximum Gasteiger partial charge on any atom is 0.303 e. The third-order valence-corrected chi connectivity index (χ3v) is 3.23. The van der Waals surface area contributed by atoms with Crippen molar-refractivity contribution >= 4 is 16.0 Å². The van der Waals surface area contributed by atoms with Gasteiger partial charge in [0, 0.05) is 18.8 Å². The topological polar surface area (TPSA) is 112 Å². The summed E-state index contributed by atoms with van der Waals surface area (Å²) in [6.45, 7) is 0.0857. The number of aromatic nitrogens is 2. The molecule has 0 radical (unpaired) electrons. The molecule has 3 N–H and O–H groups in total. The van der Waals surface area contributed by atoms with Gasteiger partial charge < -0.3 is 10.1 Å². The molecule has 1 rings (SSSR count). The lowest BCUT2D eigenvalue weighted by molar-refractivity contribution is -0.137. The summed E-state index contributed by atoms with van der Waals surface area (Å²) in [5.74, 6) is -0.678. The summed E-state index contributed by atoms with van der Waals surface area (Å²) in [5, 5.41) is 8.36. The molecule has 0 aliphatic heterocycles. The highest BCUT2D eigenvalue weighted by Gasteiger charge is 2.11. The first-order valence-electron chi connectivity index (χ1n) is 4.67. The van der Waals surface area contributed by atoms with Crippen LogP contribution >= 0.6 is 0 Å². The van der Waals surface area contributed by atoms with Crippen LogP contribution in [-0.2, 0) is 21.4 Å². The largest absolute Gasteiger partial charge is 0.481 e. The van der Waals surface area contributed by atoms with Gasteiger partial charge in [0.2, 0.25) is 10.0 Å². The number of carboxylic acids is 1. The summed E-state index contributed by atoms with van der Waals surface area (Å²) in [5.41, 5.74) is 0. The number of hydrogen-bond donors (Lipinski definition) is 3. The van der Waals surface area contributed by atoms with E-state index in [9.17, 15) is 13.2 Å². The molecule has 1 heterocycles. The van der Waals surface area contributed by atoms with Gasteiger partial charge in [0.15, 0.2) is 0 Å². The number of carboxylic acid groups (broad SMARTS) is 1. The molecule has 0 saturated carbocycles. The fourth-order valence-corrected chi connectivity index (χ4v) is 2.08. The molecule has 0 fully saturated rings. The molecule has 16 heavy (non-hydrogen) atoms. The highest BCUT2D eigenvalue weighted by Crippen LogP contribution is 1.96. The standard InChI is InChI=1S/C8H13N3O4S/c12-8(13)2-1-5-16(14,15)11-6-7-9-3-4-10-7/h3-4,11H,1-2,5-6H2,(H,9,10)(H,12,13). The Morgan fingerprint density at radius 3 is 2.88 bits per heavy atom. The van der Waals surface area contributed by atoms with Crippen molar-refractivity contribution in [1.29, 1.82) is 0 Å². The number of imidazole rings is 1. The smallest absolute Gasteiger partial charge is 0.303 e. The lowest BCUT2D eigenvalue weighted by atomic mass is 10.3. The van der Waals surface area contributed by atoms with E-state index >= 15 is 0 Å². The van der Waals surface area contributed by atoms with Gasteiger partial charge in [-0.25, -0.2) is 18.1 Å². The van der Waals surface area contributed by atoms with Crippen molar-refractivity contribution in [3.8, 4) is 0 Å². The third-order valence-electron chi connectivity index (χ3n) is 1.82. The van der Waals surface area contributed by atoms with Gasteiger partial charge in [-0.15, -0.1) is 0 Å². The SMILES string of the molecule is O=C(O)CCCS(=O)(=O)NCc1ncc[nH]1. The number of carbonyl (C=O) groups is 1. The van der Waals surface area contributed by atoms with Crippen LogP contribution in [0.4, 0.5) is 0 Å². The molecular formula is C8H13N3O4S. The molecule has 8 heteroatoms. The molecular weight excluding hydrogens is 234 g/mol. The van der Waals surface area contributed by atoms with Crippen LogP contribution in [0.25, 0.3) is 0 Å².